The second-order valence-corrected chi connectivity index (χ2v) is 11.2. The third-order valence-corrected chi connectivity index (χ3v) is 7.50. The van der Waals surface area contributed by atoms with Crippen molar-refractivity contribution in [2.75, 3.05) is 13.7 Å². The van der Waals surface area contributed by atoms with Gasteiger partial charge in [0, 0.05) is 25.7 Å². The molecule has 0 atom stereocenters. The van der Waals surface area contributed by atoms with Gasteiger partial charge in [-0.1, -0.05) is 24.3 Å². The van der Waals surface area contributed by atoms with E-state index in [0.717, 1.165) is 65.4 Å². The number of aromatic nitrogens is 2. The molecule has 1 aliphatic rings. The van der Waals surface area contributed by atoms with Gasteiger partial charge >= 0.3 is 6.18 Å². The smallest absolute Gasteiger partial charge is 0.416 e. The highest BCUT2D eigenvalue weighted by Crippen LogP contribution is 2.37. The Morgan fingerprint density at radius 1 is 1.02 bits per heavy atom. The van der Waals surface area contributed by atoms with Gasteiger partial charge < -0.3 is 9.47 Å². The first-order valence-electron chi connectivity index (χ1n) is 13.8. The molecule has 2 aromatic carbocycles. The number of hydrogen-bond donors (Lipinski definition) is 0. The van der Waals surface area contributed by atoms with E-state index in [0.29, 0.717) is 24.4 Å². The SMILES string of the molecule is CCOC(=C1CCC1)C(C)(C)Oc1ccc(CN(C)Cc2c(C)c(-c3ccc(C(F)(F)F)cc3)nn2C)cc1C. The molecular formula is C32H40F3N3O2. The largest absolute Gasteiger partial charge is 0.494 e. The molecule has 0 bridgehead atoms. The Hall–Kier alpha value is -3.26. The highest BCUT2D eigenvalue weighted by Gasteiger charge is 2.33. The van der Waals surface area contributed by atoms with E-state index < -0.39 is 17.3 Å². The Morgan fingerprint density at radius 2 is 1.70 bits per heavy atom. The van der Waals surface area contributed by atoms with Crippen LogP contribution in [0, 0.1) is 13.8 Å². The van der Waals surface area contributed by atoms with Gasteiger partial charge in [0.05, 0.1) is 23.6 Å². The zero-order chi connectivity index (χ0) is 29.2. The van der Waals surface area contributed by atoms with Crippen molar-refractivity contribution in [3.8, 4) is 17.0 Å². The summed E-state index contributed by atoms with van der Waals surface area (Å²) < 4.78 is 53.3. The van der Waals surface area contributed by atoms with Crippen molar-refractivity contribution in [1.82, 2.24) is 14.7 Å². The van der Waals surface area contributed by atoms with Crippen molar-refractivity contribution in [2.24, 2.45) is 7.05 Å². The van der Waals surface area contributed by atoms with Crippen molar-refractivity contribution in [3.63, 3.8) is 0 Å². The molecule has 0 unspecified atom stereocenters. The van der Waals surface area contributed by atoms with Crippen molar-refractivity contribution in [1.29, 1.82) is 0 Å². The van der Waals surface area contributed by atoms with E-state index >= 15 is 0 Å². The molecule has 0 saturated heterocycles. The van der Waals surface area contributed by atoms with Gasteiger partial charge in [-0.05, 0) is 101 Å². The Kier molecular flexibility index (Phi) is 8.69. The number of allylic oxidation sites excluding steroid dienone is 1. The number of alkyl halides is 3. The molecule has 0 radical (unpaired) electrons. The number of hydrogen-bond acceptors (Lipinski definition) is 4. The second kappa shape index (κ2) is 11.7. The summed E-state index contributed by atoms with van der Waals surface area (Å²) in [7, 11) is 3.92. The summed E-state index contributed by atoms with van der Waals surface area (Å²) in [4.78, 5) is 2.20. The number of halogens is 3. The molecule has 1 heterocycles. The lowest BCUT2D eigenvalue weighted by atomic mass is 9.86. The van der Waals surface area contributed by atoms with Crippen molar-refractivity contribution < 1.29 is 22.6 Å². The molecule has 0 aliphatic heterocycles. The van der Waals surface area contributed by atoms with E-state index in [9.17, 15) is 13.2 Å². The van der Waals surface area contributed by atoms with Crippen molar-refractivity contribution in [2.45, 2.75) is 78.7 Å². The molecule has 1 fully saturated rings. The number of ether oxygens (including phenoxy) is 2. The van der Waals surface area contributed by atoms with E-state index in [2.05, 4.69) is 42.9 Å². The van der Waals surface area contributed by atoms with Crippen LogP contribution in [0.1, 0.15) is 68.0 Å². The summed E-state index contributed by atoms with van der Waals surface area (Å²) >= 11 is 0. The van der Waals surface area contributed by atoms with Crippen LogP contribution in [0.3, 0.4) is 0 Å². The fourth-order valence-electron chi connectivity index (χ4n) is 5.27. The van der Waals surface area contributed by atoms with E-state index in [1.165, 1.54) is 24.1 Å². The van der Waals surface area contributed by atoms with Crippen LogP contribution in [-0.4, -0.2) is 33.9 Å². The molecule has 0 N–H and O–H groups in total. The molecule has 5 nitrogen and oxygen atoms in total. The Bertz CT molecular complexity index is 1370. The summed E-state index contributed by atoms with van der Waals surface area (Å²) in [5.41, 5.74) is 5.72. The zero-order valence-corrected chi connectivity index (χ0v) is 24.6. The molecule has 3 aromatic rings. The topological polar surface area (TPSA) is 39.5 Å². The average molecular weight is 556 g/mol. The Balaban J connectivity index is 1.44. The quantitative estimate of drug-likeness (QED) is 0.238. The number of aryl methyl sites for hydroxylation is 2. The molecular weight excluding hydrogens is 515 g/mol. The molecule has 1 saturated carbocycles. The molecule has 8 heteroatoms. The van der Waals surface area contributed by atoms with Crippen LogP contribution in [-0.2, 0) is 31.1 Å². The Morgan fingerprint density at radius 3 is 2.25 bits per heavy atom. The summed E-state index contributed by atoms with van der Waals surface area (Å²) in [5.74, 6) is 1.81. The first kappa shape index (κ1) is 29.7. The van der Waals surface area contributed by atoms with Gasteiger partial charge in [0.25, 0.3) is 0 Å². The molecule has 1 aliphatic carbocycles. The van der Waals surface area contributed by atoms with Crippen LogP contribution in [0.4, 0.5) is 13.2 Å². The van der Waals surface area contributed by atoms with Crippen LogP contribution in [0.2, 0.25) is 0 Å². The predicted octanol–water partition coefficient (Wildman–Crippen LogP) is 7.99. The Labute approximate surface area is 235 Å². The minimum Gasteiger partial charge on any atom is -0.494 e. The van der Waals surface area contributed by atoms with Crippen LogP contribution in [0.15, 0.2) is 53.8 Å². The number of benzene rings is 2. The van der Waals surface area contributed by atoms with E-state index in [1.54, 1.807) is 0 Å². The first-order valence-corrected chi connectivity index (χ1v) is 13.8. The first-order chi connectivity index (χ1) is 18.8. The third kappa shape index (κ3) is 6.54. The van der Waals surface area contributed by atoms with Crippen LogP contribution in [0.25, 0.3) is 11.3 Å². The molecule has 4 rings (SSSR count). The molecule has 1 aromatic heterocycles. The fraction of sp³-hybridized carbons (Fsp3) is 0.469. The maximum absolute atomic E-state index is 13.0. The summed E-state index contributed by atoms with van der Waals surface area (Å²) in [6.07, 6.45) is -0.995. The summed E-state index contributed by atoms with van der Waals surface area (Å²) in [5, 5.41) is 4.62. The fourth-order valence-corrected chi connectivity index (χ4v) is 5.27. The maximum Gasteiger partial charge on any atom is 0.416 e. The third-order valence-electron chi connectivity index (χ3n) is 7.50. The standard InChI is InChI=1S/C32H40F3N3O2/c1-8-39-30(25-10-9-11-25)31(4,5)40-28-17-12-23(18-21(28)2)19-37(6)20-27-22(3)29(36-38(27)7)24-13-15-26(16-14-24)32(33,34)35/h12-18H,8-11,19-20H2,1-7H3. The van der Waals surface area contributed by atoms with Crippen LogP contribution < -0.4 is 4.74 Å². The normalized spacial score (nSPS) is 13.9. The van der Waals surface area contributed by atoms with E-state index in [1.807, 2.05) is 38.7 Å². The van der Waals surface area contributed by atoms with E-state index in [4.69, 9.17) is 9.47 Å². The lowest BCUT2D eigenvalue weighted by Crippen LogP contribution is -2.34. The van der Waals surface area contributed by atoms with Gasteiger partial charge in [-0.25, -0.2) is 0 Å². The van der Waals surface area contributed by atoms with Crippen molar-refractivity contribution in [3.05, 3.63) is 81.7 Å². The van der Waals surface area contributed by atoms with Gasteiger partial charge in [-0.2, -0.15) is 18.3 Å². The van der Waals surface area contributed by atoms with Gasteiger partial charge in [-0.3, -0.25) is 9.58 Å². The maximum atomic E-state index is 13.0. The monoisotopic (exact) mass is 555 g/mol. The molecule has 0 spiro atoms. The summed E-state index contributed by atoms with van der Waals surface area (Å²) in [6, 6.07) is 11.5. The van der Waals surface area contributed by atoms with Crippen molar-refractivity contribution >= 4 is 0 Å². The second-order valence-electron chi connectivity index (χ2n) is 11.2. The predicted molar refractivity (Wildman–Crippen MR) is 152 cm³/mol. The van der Waals surface area contributed by atoms with E-state index in [-0.39, 0.29) is 0 Å². The van der Waals surface area contributed by atoms with Crippen LogP contribution >= 0.6 is 0 Å². The van der Waals surface area contributed by atoms with Gasteiger partial charge in [-0.15, -0.1) is 0 Å². The number of rotatable bonds is 10. The summed E-state index contributed by atoms with van der Waals surface area (Å²) in [6.45, 7) is 12.2. The molecule has 216 valence electrons. The lowest BCUT2D eigenvalue weighted by Gasteiger charge is -2.34. The minimum absolute atomic E-state index is 0.545. The lowest BCUT2D eigenvalue weighted by molar-refractivity contribution is -0.137. The zero-order valence-electron chi connectivity index (χ0n) is 24.6. The van der Waals surface area contributed by atoms with Gasteiger partial charge in [0.15, 0.2) is 5.60 Å². The highest BCUT2D eigenvalue weighted by molar-refractivity contribution is 5.64. The van der Waals surface area contributed by atoms with Gasteiger partial charge in [0.1, 0.15) is 11.5 Å². The minimum atomic E-state index is -4.36. The van der Waals surface area contributed by atoms with Crippen LogP contribution in [0.5, 0.6) is 5.75 Å². The average Bonchev–Trinajstić information content (AvgIpc) is 3.12. The molecule has 0 amide bonds. The highest BCUT2D eigenvalue weighted by atomic mass is 19.4. The number of nitrogens with zero attached hydrogens (tertiary/aromatic N) is 3. The van der Waals surface area contributed by atoms with Gasteiger partial charge in [0.2, 0.25) is 0 Å². The molecule has 40 heavy (non-hydrogen) atoms.